The van der Waals surface area contributed by atoms with Crippen molar-refractivity contribution in [3.8, 4) is 11.5 Å². The van der Waals surface area contributed by atoms with Crippen LogP contribution >= 0.6 is 0 Å². The number of aromatic hydroxyl groups is 1. The van der Waals surface area contributed by atoms with Crippen LogP contribution in [0.5, 0.6) is 11.5 Å². The third-order valence-corrected chi connectivity index (χ3v) is 4.34. The first-order valence-corrected chi connectivity index (χ1v) is 8.90. The fourth-order valence-corrected chi connectivity index (χ4v) is 2.64. The van der Waals surface area contributed by atoms with Crippen molar-refractivity contribution in [2.75, 3.05) is 5.73 Å². The number of carbonyl (C=O) groups is 1. The first kappa shape index (κ1) is 20.3. The van der Waals surface area contributed by atoms with Crippen molar-refractivity contribution in [3.63, 3.8) is 0 Å². The molecule has 0 aliphatic rings. The molecule has 0 aliphatic heterocycles. The van der Waals surface area contributed by atoms with Crippen LogP contribution in [-0.2, 0) is 5.41 Å². The quantitative estimate of drug-likeness (QED) is 0.309. The van der Waals surface area contributed by atoms with Gasteiger partial charge < -0.3 is 15.6 Å². The Morgan fingerprint density at radius 2 is 1.81 bits per heavy atom. The standard InChI is InChI=1S/C23H27NO3/c1-6-23(4,5)19-12-14-21(27-15(2)3)18(22(19)26)11-13-20(25)16-7-9-17(24)10-8-16/h6-15,26H,1,24H2,2-5H3. The lowest BCUT2D eigenvalue weighted by Crippen LogP contribution is -2.14. The van der Waals surface area contributed by atoms with E-state index >= 15 is 0 Å². The summed E-state index contributed by atoms with van der Waals surface area (Å²) in [4.78, 5) is 12.4. The molecular formula is C23H27NO3. The van der Waals surface area contributed by atoms with Crippen molar-refractivity contribution < 1.29 is 14.6 Å². The Balaban J connectivity index is 2.48. The third-order valence-electron chi connectivity index (χ3n) is 4.34. The molecular weight excluding hydrogens is 338 g/mol. The minimum atomic E-state index is -0.427. The number of phenols is 1. The van der Waals surface area contributed by atoms with Gasteiger partial charge in [0.1, 0.15) is 11.5 Å². The number of allylic oxidation sites excluding steroid dienone is 2. The number of ketones is 1. The van der Waals surface area contributed by atoms with E-state index in [0.717, 1.165) is 0 Å². The minimum Gasteiger partial charge on any atom is -0.507 e. The lowest BCUT2D eigenvalue weighted by Gasteiger charge is -2.24. The van der Waals surface area contributed by atoms with Gasteiger partial charge in [0.05, 0.1) is 11.7 Å². The zero-order valence-corrected chi connectivity index (χ0v) is 16.3. The number of ether oxygens (including phenoxy) is 1. The molecule has 0 amide bonds. The number of rotatable bonds is 7. The molecule has 0 unspecified atom stereocenters. The fourth-order valence-electron chi connectivity index (χ4n) is 2.64. The summed E-state index contributed by atoms with van der Waals surface area (Å²) in [6.07, 6.45) is 4.73. The normalized spacial score (nSPS) is 11.7. The molecule has 0 saturated heterocycles. The zero-order chi connectivity index (χ0) is 20.2. The Hall–Kier alpha value is -3.01. The fraction of sp³-hybridized carbons (Fsp3) is 0.261. The van der Waals surface area contributed by atoms with E-state index in [2.05, 4.69) is 6.58 Å². The summed E-state index contributed by atoms with van der Waals surface area (Å²) >= 11 is 0. The van der Waals surface area contributed by atoms with Crippen LogP contribution in [0.4, 0.5) is 5.69 Å². The van der Waals surface area contributed by atoms with E-state index in [9.17, 15) is 9.90 Å². The van der Waals surface area contributed by atoms with Gasteiger partial charge in [0, 0.05) is 22.2 Å². The topological polar surface area (TPSA) is 72.5 Å². The van der Waals surface area contributed by atoms with Gasteiger partial charge in [0.2, 0.25) is 0 Å². The van der Waals surface area contributed by atoms with Gasteiger partial charge in [-0.25, -0.2) is 0 Å². The van der Waals surface area contributed by atoms with Crippen LogP contribution in [0.2, 0.25) is 0 Å². The Morgan fingerprint density at radius 3 is 2.37 bits per heavy atom. The van der Waals surface area contributed by atoms with Crippen LogP contribution in [0, 0.1) is 0 Å². The highest BCUT2D eigenvalue weighted by Crippen LogP contribution is 2.39. The van der Waals surface area contributed by atoms with Crippen molar-refractivity contribution in [3.05, 3.63) is 71.8 Å². The largest absolute Gasteiger partial charge is 0.507 e. The molecule has 0 radical (unpaired) electrons. The molecule has 142 valence electrons. The first-order valence-electron chi connectivity index (χ1n) is 8.90. The first-order chi connectivity index (χ1) is 12.7. The molecule has 4 nitrogen and oxygen atoms in total. The van der Waals surface area contributed by atoms with Gasteiger partial charge in [0.25, 0.3) is 0 Å². The average molecular weight is 365 g/mol. The number of benzene rings is 2. The van der Waals surface area contributed by atoms with Gasteiger partial charge in [-0.2, -0.15) is 0 Å². The molecule has 0 aromatic heterocycles. The van der Waals surface area contributed by atoms with Crippen LogP contribution in [0.25, 0.3) is 6.08 Å². The van der Waals surface area contributed by atoms with Gasteiger partial charge in [-0.3, -0.25) is 4.79 Å². The SMILES string of the molecule is C=CC(C)(C)c1ccc(OC(C)C)c(C=CC(=O)c2ccc(N)cc2)c1O. The summed E-state index contributed by atoms with van der Waals surface area (Å²) in [7, 11) is 0. The molecule has 2 aromatic carbocycles. The zero-order valence-electron chi connectivity index (χ0n) is 16.3. The maximum Gasteiger partial charge on any atom is 0.185 e. The van der Waals surface area contributed by atoms with E-state index in [1.165, 1.54) is 6.08 Å². The van der Waals surface area contributed by atoms with E-state index in [0.29, 0.717) is 28.1 Å². The molecule has 2 aromatic rings. The molecule has 27 heavy (non-hydrogen) atoms. The Labute approximate surface area is 161 Å². The number of hydrogen-bond acceptors (Lipinski definition) is 4. The number of nitrogens with two attached hydrogens (primary N) is 1. The number of phenolic OH excluding ortho intramolecular Hbond substituents is 1. The highest BCUT2D eigenvalue weighted by Gasteiger charge is 2.23. The average Bonchev–Trinajstić information content (AvgIpc) is 2.61. The van der Waals surface area contributed by atoms with Gasteiger partial charge >= 0.3 is 0 Å². The molecule has 4 heteroatoms. The van der Waals surface area contributed by atoms with Crippen LogP contribution in [0.15, 0.2) is 55.1 Å². The summed E-state index contributed by atoms with van der Waals surface area (Å²) in [5.41, 5.74) is 7.54. The number of hydrogen-bond donors (Lipinski definition) is 2. The van der Waals surface area contributed by atoms with Crippen LogP contribution in [-0.4, -0.2) is 17.0 Å². The summed E-state index contributed by atoms with van der Waals surface area (Å²) in [6.45, 7) is 11.6. The molecule has 0 saturated carbocycles. The van der Waals surface area contributed by atoms with Crippen molar-refractivity contribution in [2.45, 2.75) is 39.2 Å². The van der Waals surface area contributed by atoms with E-state index in [-0.39, 0.29) is 17.6 Å². The second-order valence-electron chi connectivity index (χ2n) is 7.29. The van der Waals surface area contributed by atoms with E-state index in [4.69, 9.17) is 10.5 Å². The monoisotopic (exact) mass is 365 g/mol. The number of carbonyl (C=O) groups excluding carboxylic acids is 1. The summed E-state index contributed by atoms with van der Waals surface area (Å²) in [6, 6.07) is 10.3. The second-order valence-corrected chi connectivity index (χ2v) is 7.29. The summed E-state index contributed by atoms with van der Waals surface area (Å²) in [5, 5.41) is 10.9. The molecule has 0 atom stereocenters. The van der Waals surface area contributed by atoms with Crippen molar-refractivity contribution in [2.24, 2.45) is 0 Å². The third kappa shape index (κ3) is 4.79. The lowest BCUT2D eigenvalue weighted by atomic mass is 9.83. The van der Waals surface area contributed by atoms with Crippen LogP contribution in [0.1, 0.15) is 49.2 Å². The van der Waals surface area contributed by atoms with E-state index in [1.54, 1.807) is 36.4 Å². The van der Waals surface area contributed by atoms with E-state index in [1.807, 2.05) is 39.8 Å². The predicted octanol–water partition coefficient (Wildman–Crippen LogP) is 5.12. The molecule has 0 heterocycles. The Morgan fingerprint density at radius 1 is 1.19 bits per heavy atom. The molecule has 3 N–H and O–H groups in total. The Bertz CT molecular complexity index is 862. The summed E-state index contributed by atoms with van der Waals surface area (Å²) < 4.78 is 5.82. The molecule has 0 aliphatic carbocycles. The van der Waals surface area contributed by atoms with Gasteiger partial charge in [-0.05, 0) is 56.3 Å². The van der Waals surface area contributed by atoms with E-state index < -0.39 is 5.41 Å². The van der Waals surface area contributed by atoms with Gasteiger partial charge in [-0.15, -0.1) is 6.58 Å². The predicted molar refractivity (Wildman–Crippen MR) is 111 cm³/mol. The van der Waals surface area contributed by atoms with Crippen molar-refractivity contribution >= 4 is 17.5 Å². The number of nitrogen functional groups attached to an aromatic ring is 1. The maximum absolute atomic E-state index is 12.4. The van der Waals surface area contributed by atoms with Crippen LogP contribution in [0.3, 0.4) is 0 Å². The maximum atomic E-state index is 12.4. The molecule has 0 spiro atoms. The lowest BCUT2D eigenvalue weighted by molar-refractivity contribution is 0.104. The Kier molecular flexibility index (Phi) is 6.11. The summed E-state index contributed by atoms with van der Waals surface area (Å²) in [5.74, 6) is 0.421. The smallest absolute Gasteiger partial charge is 0.185 e. The molecule has 0 bridgehead atoms. The van der Waals surface area contributed by atoms with Gasteiger partial charge in [-0.1, -0.05) is 26.0 Å². The highest BCUT2D eigenvalue weighted by molar-refractivity contribution is 6.07. The minimum absolute atomic E-state index is 0.0670. The second kappa shape index (κ2) is 8.12. The highest BCUT2D eigenvalue weighted by atomic mass is 16.5. The number of anilines is 1. The molecule has 0 fully saturated rings. The molecule has 2 rings (SSSR count). The van der Waals surface area contributed by atoms with Crippen molar-refractivity contribution in [1.29, 1.82) is 0 Å². The van der Waals surface area contributed by atoms with Gasteiger partial charge in [0.15, 0.2) is 5.78 Å². The van der Waals surface area contributed by atoms with Crippen molar-refractivity contribution in [1.82, 2.24) is 0 Å². The van der Waals surface area contributed by atoms with Crippen LogP contribution < -0.4 is 10.5 Å².